The number of aromatic nitrogens is 1. The average Bonchev–Trinajstić information content (AvgIpc) is 2.43. The lowest BCUT2D eigenvalue weighted by molar-refractivity contribution is 0.0780. The molecule has 0 spiro atoms. The van der Waals surface area contributed by atoms with Crippen molar-refractivity contribution in [3.05, 3.63) is 59.0 Å². The molecule has 2 rings (SSSR count). The Balaban J connectivity index is 2.21. The molecule has 0 saturated carbocycles. The van der Waals surface area contributed by atoms with Crippen LogP contribution in [0.2, 0.25) is 0 Å². The maximum atomic E-state index is 13.8. The molecule has 0 aliphatic carbocycles. The number of amides is 1. The molecule has 0 bridgehead atoms. The third-order valence-electron chi connectivity index (χ3n) is 3.16. The molecule has 0 unspecified atom stereocenters. The summed E-state index contributed by atoms with van der Waals surface area (Å²) in [7, 11) is 1.63. The van der Waals surface area contributed by atoms with Crippen molar-refractivity contribution in [2.75, 3.05) is 12.8 Å². The van der Waals surface area contributed by atoms with Gasteiger partial charge in [-0.05, 0) is 24.1 Å². The summed E-state index contributed by atoms with van der Waals surface area (Å²) in [6.07, 6.45) is 1.33. The number of carbonyl (C=O) groups excluding carboxylic acids is 1. The predicted molar refractivity (Wildman–Crippen MR) is 75.6 cm³/mol. The molecule has 20 heavy (non-hydrogen) atoms. The molecule has 0 saturated heterocycles. The lowest BCUT2D eigenvalue weighted by atomic mass is 10.1. The Hall–Kier alpha value is -2.43. The average molecular weight is 273 g/mol. The first-order chi connectivity index (χ1) is 9.50. The molecule has 0 atom stereocenters. The highest BCUT2D eigenvalue weighted by atomic mass is 19.1. The number of halogens is 1. The molecule has 1 heterocycles. The first-order valence-electron chi connectivity index (χ1n) is 6.20. The number of benzene rings is 1. The Morgan fingerprint density at radius 3 is 2.75 bits per heavy atom. The number of nitrogen functional groups attached to an aromatic ring is 1. The topological polar surface area (TPSA) is 59.2 Å². The van der Waals surface area contributed by atoms with Crippen molar-refractivity contribution < 1.29 is 9.18 Å². The summed E-state index contributed by atoms with van der Waals surface area (Å²) in [5.74, 6) is -1.45. The van der Waals surface area contributed by atoms with Gasteiger partial charge >= 0.3 is 0 Å². The Labute approximate surface area is 117 Å². The van der Waals surface area contributed by atoms with Crippen molar-refractivity contribution in [3.8, 4) is 0 Å². The summed E-state index contributed by atoms with van der Waals surface area (Å²) >= 11 is 0. The van der Waals surface area contributed by atoms with Crippen LogP contribution in [-0.4, -0.2) is 22.8 Å². The van der Waals surface area contributed by atoms with Crippen LogP contribution in [0.1, 0.15) is 21.5 Å². The van der Waals surface area contributed by atoms with E-state index >= 15 is 0 Å². The minimum Gasteiger partial charge on any atom is -0.381 e. The SMILES string of the molecule is Cc1ccccc1CN(C)C(=O)c1ccnc(N)c1F. The van der Waals surface area contributed by atoms with E-state index in [1.165, 1.54) is 17.2 Å². The van der Waals surface area contributed by atoms with E-state index in [1.54, 1.807) is 7.05 Å². The lowest BCUT2D eigenvalue weighted by Crippen LogP contribution is -2.27. The van der Waals surface area contributed by atoms with E-state index in [0.29, 0.717) is 6.54 Å². The van der Waals surface area contributed by atoms with Crippen LogP contribution in [0.5, 0.6) is 0 Å². The van der Waals surface area contributed by atoms with Crippen molar-refractivity contribution in [2.45, 2.75) is 13.5 Å². The van der Waals surface area contributed by atoms with E-state index in [-0.39, 0.29) is 11.4 Å². The normalized spacial score (nSPS) is 10.3. The second-order valence-electron chi connectivity index (χ2n) is 4.65. The molecule has 0 radical (unpaired) electrons. The van der Waals surface area contributed by atoms with Gasteiger partial charge in [0, 0.05) is 19.8 Å². The Kier molecular flexibility index (Phi) is 3.98. The number of nitrogens with zero attached hydrogens (tertiary/aromatic N) is 2. The number of hydrogen-bond donors (Lipinski definition) is 1. The highest BCUT2D eigenvalue weighted by Crippen LogP contribution is 2.16. The number of nitrogens with two attached hydrogens (primary N) is 1. The molecule has 104 valence electrons. The molecular formula is C15H16FN3O. The summed E-state index contributed by atoms with van der Waals surface area (Å²) < 4.78 is 13.8. The Morgan fingerprint density at radius 2 is 2.05 bits per heavy atom. The van der Waals surface area contributed by atoms with Crippen LogP contribution in [0, 0.1) is 12.7 Å². The van der Waals surface area contributed by atoms with E-state index in [2.05, 4.69) is 4.98 Å². The van der Waals surface area contributed by atoms with Gasteiger partial charge in [-0.1, -0.05) is 24.3 Å². The van der Waals surface area contributed by atoms with Crippen LogP contribution >= 0.6 is 0 Å². The Morgan fingerprint density at radius 1 is 1.35 bits per heavy atom. The van der Waals surface area contributed by atoms with Gasteiger partial charge in [0.2, 0.25) is 0 Å². The van der Waals surface area contributed by atoms with Crippen LogP contribution in [0.4, 0.5) is 10.2 Å². The van der Waals surface area contributed by atoms with Crippen molar-refractivity contribution in [1.82, 2.24) is 9.88 Å². The summed E-state index contributed by atoms with van der Waals surface area (Å²) in [6, 6.07) is 9.09. The fourth-order valence-electron chi connectivity index (χ4n) is 1.95. The summed E-state index contributed by atoms with van der Waals surface area (Å²) in [5.41, 5.74) is 7.42. The van der Waals surface area contributed by atoms with Gasteiger partial charge in [0.05, 0.1) is 5.56 Å². The zero-order chi connectivity index (χ0) is 14.7. The first-order valence-corrected chi connectivity index (χ1v) is 6.20. The quantitative estimate of drug-likeness (QED) is 0.934. The molecular weight excluding hydrogens is 257 g/mol. The maximum Gasteiger partial charge on any atom is 0.257 e. The molecule has 0 aliphatic rings. The number of pyridine rings is 1. The standard InChI is InChI=1S/C15H16FN3O/c1-10-5-3-4-6-11(10)9-19(2)15(20)12-7-8-18-14(17)13(12)16/h3-8H,9H2,1-2H3,(H2,17,18). The largest absolute Gasteiger partial charge is 0.381 e. The third-order valence-corrected chi connectivity index (χ3v) is 3.16. The van der Waals surface area contributed by atoms with Crippen molar-refractivity contribution in [2.24, 2.45) is 0 Å². The molecule has 1 amide bonds. The zero-order valence-electron chi connectivity index (χ0n) is 11.4. The fourth-order valence-corrected chi connectivity index (χ4v) is 1.95. The molecule has 0 fully saturated rings. The second kappa shape index (κ2) is 5.69. The third kappa shape index (κ3) is 2.77. The zero-order valence-corrected chi connectivity index (χ0v) is 11.4. The molecule has 4 nitrogen and oxygen atoms in total. The molecule has 5 heteroatoms. The number of aryl methyl sites for hydroxylation is 1. The summed E-state index contributed by atoms with van der Waals surface area (Å²) in [5, 5.41) is 0. The van der Waals surface area contributed by atoms with Crippen LogP contribution in [0.15, 0.2) is 36.5 Å². The first kappa shape index (κ1) is 14.0. The van der Waals surface area contributed by atoms with Crippen LogP contribution in [0.25, 0.3) is 0 Å². The van der Waals surface area contributed by atoms with E-state index in [9.17, 15) is 9.18 Å². The predicted octanol–water partition coefficient (Wildman–Crippen LogP) is 2.38. The number of rotatable bonds is 3. The van der Waals surface area contributed by atoms with Gasteiger partial charge in [0.25, 0.3) is 5.91 Å². The second-order valence-corrected chi connectivity index (χ2v) is 4.65. The van der Waals surface area contributed by atoms with Crippen molar-refractivity contribution in [3.63, 3.8) is 0 Å². The van der Waals surface area contributed by atoms with Gasteiger partial charge in [-0.25, -0.2) is 9.37 Å². The minimum absolute atomic E-state index is 0.0615. The van der Waals surface area contributed by atoms with Crippen molar-refractivity contribution in [1.29, 1.82) is 0 Å². The molecule has 0 aliphatic heterocycles. The number of anilines is 1. The van der Waals surface area contributed by atoms with Gasteiger partial charge in [-0.2, -0.15) is 0 Å². The number of carbonyl (C=O) groups is 1. The molecule has 2 aromatic rings. The summed E-state index contributed by atoms with van der Waals surface area (Å²) in [4.78, 5) is 17.3. The van der Waals surface area contributed by atoms with Crippen molar-refractivity contribution >= 4 is 11.7 Å². The molecule has 2 N–H and O–H groups in total. The van der Waals surface area contributed by atoms with Gasteiger partial charge in [0.1, 0.15) is 0 Å². The lowest BCUT2D eigenvalue weighted by Gasteiger charge is -2.19. The van der Waals surface area contributed by atoms with Gasteiger partial charge in [0.15, 0.2) is 11.6 Å². The maximum absolute atomic E-state index is 13.8. The minimum atomic E-state index is -0.769. The monoisotopic (exact) mass is 273 g/mol. The number of hydrogen-bond acceptors (Lipinski definition) is 3. The smallest absolute Gasteiger partial charge is 0.257 e. The van der Waals surface area contributed by atoms with Crippen LogP contribution in [-0.2, 0) is 6.54 Å². The highest BCUT2D eigenvalue weighted by molar-refractivity contribution is 5.94. The van der Waals surface area contributed by atoms with Gasteiger partial charge in [-0.3, -0.25) is 4.79 Å². The van der Waals surface area contributed by atoms with Gasteiger partial charge in [-0.15, -0.1) is 0 Å². The molecule has 1 aromatic heterocycles. The van der Waals surface area contributed by atoms with E-state index in [0.717, 1.165) is 11.1 Å². The van der Waals surface area contributed by atoms with E-state index in [4.69, 9.17) is 5.73 Å². The molecule has 1 aromatic carbocycles. The van der Waals surface area contributed by atoms with E-state index in [1.807, 2.05) is 31.2 Å². The van der Waals surface area contributed by atoms with Crippen LogP contribution in [0.3, 0.4) is 0 Å². The Bertz CT molecular complexity index is 643. The van der Waals surface area contributed by atoms with Crippen LogP contribution < -0.4 is 5.73 Å². The highest BCUT2D eigenvalue weighted by Gasteiger charge is 2.18. The van der Waals surface area contributed by atoms with E-state index < -0.39 is 11.7 Å². The summed E-state index contributed by atoms with van der Waals surface area (Å²) in [6.45, 7) is 2.38. The van der Waals surface area contributed by atoms with Gasteiger partial charge < -0.3 is 10.6 Å². The fraction of sp³-hybridized carbons (Fsp3) is 0.200.